The van der Waals surface area contributed by atoms with Crippen molar-refractivity contribution in [1.29, 1.82) is 0 Å². The molecule has 5 heteroatoms. The number of amides is 1. The maximum absolute atomic E-state index is 12.3. The smallest absolute Gasteiger partial charge is 0.340 e. The van der Waals surface area contributed by atoms with Crippen LogP contribution in [0.15, 0.2) is 47.4 Å². The first-order chi connectivity index (χ1) is 11.4. The standard InChI is InChI=1S/C19H21NO3S/c1-12-9-10-13(2)16(11-12)20-18(21)14(3)23-19(22)15-7-5-6-8-17(15)24-4/h5-11,14H,1-4H3,(H,20,21)/t14-/m1/s1. The van der Waals surface area contributed by atoms with Gasteiger partial charge in [-0.15, -0.1) is 11.8 Å². The summed E-state index contributed by atoms with van der Waals surface area (Å²) in [7, 11) is 0. The third-order valence-electron chi connectivity index (χ3n) is 3.63. The van der Waals surface area contributed by atoms with E-state index in [2.05, 4.69) is 5.32 Å². The van der Waals surface area contributed by atoms with Gasteiger partial charge in [-0.25, -0.2) is 4.79 Å². The molecule has 1 atom stereocenters. The van der Waals surface area contributed by atoms with Crippen LogP contribution < -0.4 is 5.32 Å². The molecule has 0 bridgehead atoms. The maximum atomic E-state index is 12.3. The van der Waals surface area contributed by atoms with Gasteiger partial charge in [0.25, 0.3) is 5.91 Å². The summed E-state index contributed by atoms with van der Waals surface area (Å²) in [6.07, 6.45) is 1.01. The van der Waals surface area contributed by atoms with Crippen LogP contribution in [0.4, 0.5) is 5.69 Å². The molecule has 2 aromatic carbocycles. The first kappa shape index (κ1) is 18.1. The van der Waals surface area contributed by atoms with E-state index < -0.39 is 12.1 Å². The Kier molecular flexibility index (Phi) is 6.04. The lowest BCUT2D eigenvalue weighted by molar-refractivity contribution is -0.123. The quantitative estimate of drug-likeness (QED) is 0.653. The maximum Gasteiger partial charge on any atom is 0.340 e. The summed E-state index contributed by atoms with van der Waals surface area (Å²) < 4.78 is 5.32. The molecule has 0 spiro atoms. The highest BCUT2D eigenvalue weighted by molar-refractivity contribution is 7.98. The summed E-state index contributed by atoms with van der Waals surface area (Å²) in [6, 6.07) is 13.0. The van der Waals surface area contributed by atoms with Gasteiger partial charge in [0.2, 0.25) is 0 Å². The number of hydrogen-bond donors (Lipinski definition) is 1. The second kappa shape index (κ2) is 8.02. The molecule has 0 radical (unpaired) electrons. The monoisotopic (exact) mass is 343 g/mol. The van der Waals surface area contributed by atoms with Crippen molar-refractivity contribution < 1.29 is 14.3 Å². The fourth-order valence-electron chi connectivity index (χ4n) is 2.20. The third kappa shape index (κ3) is 4.38. The summed E-state index contributed by atoms with van der Waals surface area (Å²) in [5.74, 6) is -0.845. The van der Waals surface area contributed by atoms with Crippen LogP contribution in [-0.2, 0) is 9.53 Å². The zero-order valence-electron chi connectivity index (χ0n) is 14.3. The number of hydrogen-bond acceptors (Lipinski definition) is 4. The molecule has 0 heterocycles. The number of aryl methyl sites for hydroxylation is 2. The fourth-order valence-corrected chi connectivity index (χ4v) is 2.78. The van der Waals surface area contributed by atoms with Gasteiger partial charge >= 0.3 is 5.97 Å². The van der Waals surface area contributed by atoms with E-state index in [0.29, 0.717) is 5.56 Å². The predicted molar refractivity (Wildman–Crippen MR) is 97.6 cm³/mol. The van der Waals surface area contributed by atoms with E-state index in [0.717, 1.165) is 21.7 Å². The summed E-state index contributed by atoms with van der Waals surface area (Å²) in [5.41, 5.74) is 3.21. The molecule has 2 rings (SSSR count). The summed E-state index contributed by atoms with van der Waals surface area (Å²) in [5, 5.41) is 2.81. The predicted octanol–water partition coefficient (Wildman–Crippen LogP) is 4.21. The zero-order valence-corrected chi connectivity index (χ0v) is 15.1. The van der Waals surface area contributed by atoms with Crippen molar-refractivity contribution in [2.45, 2.75) is 31.8 Å². The third-order valence-corrected chi connectivity index (χ3v) is 4.43. The van der Waals surface area contributed by atoms with Gasteiger partial charge in [-0.05, 0) is 56.4 Å². The first-order valence-corrected chi connectivity index (χ1v) is 8.87. The van der Waals surface area contributed by atoms with Gasteiger partial charge in [-0.1, -0.05) is 24.3 Å². The number of thioether (sulfide) groups is 1. The number of nitrogens with one attached hydrogen (secondary N) is 1. The largest absolute Gasteiger partial charge is 0.449 e. The minimum absolute atomic E-state index is 0.348. The molecular formula is C19H21NO3S. The molecule has 0 fully saturated rings. The minimum Gasteiger partial charge on any atom is -0.449 e. The Morgan fingerprint density at radius 2 is 1.83 bits per heavy atom. The highest BCUT2D eigenvalue weighted by atomic mass is 32.2. The van der Waals surface area contributed by atoms with E-state index in [9.17, 15) is 9.59 Å². The lowest BCUT2D eigenvalue weighted by atomic mass is 10.1. The number of carbonyl (C=O) groups is 2. The topological polar surface area (TPSA) is 55.4 Å². The van der Waals surface area contributed by atoms with Gasteiger partial charge in [0, 0.05) is 10.6 Å². The van der Waals surface area contributed by atoms with Gasteiger partial charge in [0.05, 0.1) is 5.56 Å². The van der Waals surface area contributed by atoms with Crippen molar-refractivity contribution >= 4 is 29.3 Å². The van der Waals surface area contributed by atoms with Crippen LogP contribution in [0.1, 0.15) is 28.4 Å². The Morgan fingerprint density at radius 1 is 1.12 bits per heavy atom. The van der Waals surface area contributed by atoms with Crippen LogP contribution in [0, 0.1) is 13.8 Å². The van der Waals surface area contributed by atoms with Gasteiger partial charge in [-0.2, -0.15) is 0 Å². The van der Waals surface area contributed by atoms with Crippen LogP contribution >= 0.6 is 11.8 Å². The first-order valence-electron chi connectivity index (χ1n) is 7.64. The van der Waals surface area contributed by atoms with Crippen molar-refractivity contribution in [3.63, 3.8) is 0 Å². The number of carbonyl (C=O) groups excluding carboxylic acids is 2. The van der Waals surface area contributed by atoms with E-state index in [4.69, 9.17) is 4.74 Å². The molecule has 0 aliphatic rings. The summed E-state index contributed by atoms with van der Waals surface area (Å²) in [6.45, 7) is 5.44. The van der Waals surface area contributed by atoms with Crippen LogP contribution in [0.5, 0.6) is 0 Å². The molecule has 0 aliphatic heterocycles. The second-order valence-electron chi connectivity index (χ2n) is 5.56. The molecule has 0 saturated carbocycles. The molecule has 2 aromatic rings. The second-order valence-corrected chi connectivity index (χ2v) is 6.40. The highest BCUT2D eigenvalue weighted by Gasteiger charge is 2.21. The van der Waals surface area contributed by atoms with Crippen molar-refractivity contribution in [1.82, 2.24) is 0 Å². The SMILES string of the molecule is CSc1ccccc1C(=O)O[C@H](C)C(=O)Nc1cc(C)ccc1C. The summed E-state index contributed by atoms with van der Waals surface area (Å²) >= 11 is 1.46. The number of ether oxygens (including phenoxy) is 1. The van der Waals surface area contributed by atoms with Gasteiger partial charge in [-0.3, -0.25) is 4.79 Å². The van der Waals surface area contributed by atoms with Crippen LogP contribution in [0.3, 0.4) is 0 Å². The van der Waals surface area contributed by atoms with Crippen molar-refractivity contribution in [2.75, 3.05) is 11.6 Å². The van der Waals surface area contributed by atoms with E-state index in [-0.39, 0.29) is 5.91 Å². The average molecular weight is 343 g/mol. The van der Waals surface area contributed by atoms with Gasteiger partial charge in [0.15, 0.2) is 6.10 Å². The van der Waals surface area contributed by atoms with E-state index in [1.165, 1.54) is 11.8 Å². The Balaban J connectivity index is 2.06. The lowest BCUT2D eigenvalue weighted by Crippen LogP contribution is -2.30. The number of rotatable bonds is 5. The molecule has 1 amide bonds. The van der Waals surface area contributed by atoms with Crippen molar-refractivity contribution in [2.24, 2.45) is 0 Å². The number of benzene rings is 2. The molecule has 0 saturated heterocycles. The number of anilines is 1. The number of esters is 1. The van der Waals surface area contributed by atoms with Gasteiger partial charge < -0.3 is 10.1 Å². The van der Waals surface area contributed by atoms with Gasteiger partial charge in [0.1, 0.15) is 0 Å². The molecular weight excluding hydrogens is 322 g/mol. The Labute approximate surface area is 146 Å². The van der Waals surface area contributed by atoms with Crippen molar-refractivity contribution in [3.8, 4) is 0 Å². The summed E-state index contributed by atoms with van der Waals surface area (Å²) in [4.78, 5) is 25.4. The van der Waals surface area contributed by atoms with Crippen LogP contribution in [-0.4, -0.2) is 24.2 Å². The highest BCUT2D eigenvalue weighted by Crippen LogP contribution is 2.21. The van der Waals surface area contributed by atoms with Crippen molar-refractivity contribution in [3.05, 3.63) is 59.2 Å². The lowest BCUT2D eigenvalue weighted by Gasteiger charge is -2.16. The van der Waals surface area contributed by atoms with E-state index >= 15 is 0 Å². The molecule has 0 aliphatic carbocycles. The zero-order chi connectivity index (χ0) is 17.7. The van der Waals surface area contributed by atoms with E-state index in [1.54, 1.807) is 19.1 Å². The average Bonchev–Trinajstić information content (AvgIpc) is 2.57. The molecule has 4 nitrogen and oxygen atoms in total. The molecule has 1 N–H and O–H groups in total. The van der Waals surface area contributed by atoms with Crippen LogP contribution in [0.2, 0.25) is 0 Å². The molecule has 0 unspecified atom stereocenters. The normalized spacial score (nSPS) is 11.7. The molecule has 0 aromatic heterocycles. The fraction of sp³-hybridized carbons (Fsp3) is 0.263. The Hall–Kier alpha value is -2.27. The Morgan fingerprint density at radius 3 is 2.54 bits per heavy atom. The van der Waals surface area contributed by atoms with E-state index in [1.807, 2.05) is 50.4 Å². The Bertz CT molecular complexity index is 758. The molecule has 126 valence electrons. The molecule has 24 heavy (non-hydrogen) atoms. The van der Waals surface area contributed by atoms with Crippen LogP contribution in [0.25, 0.3) is 0 Å². The minimum atomic E-state index is -0.882.